The Morgan fingerprint density at radius 3 is 3.09 bits per heavy atom. The van der Waals surface area contributed by atoms with Gasteiger partial charge in [-0.25, -0.2) is 0 Å². The Labute approximate surface area is 66.1 Å². The first kappa shape index (κ1) is 6.18. The van der Waals surface area contributed by atoms with E-state index in [-0.39, 0.29) is 5.54 Å². The van der Waals surface area contributed by atoms with Crippen molar-refractivity contribution in [3.05, 3.63) is 0 Å². The summed E-state index contributed by atoms with van der Waals surface area (Å²) in [4.78, 5) is 11.4. The first-order chi connectivity index (χ1) is 5.21. The minimum atomic E-state index is 0.0987. The van der Waals surface area contributed by atoms with E-state index < -0.39 is 0 Å². The van der Waals surface area contributed by atoms with Crippen LogP contribution in [0, 0.1) is 17.8 Å². The number of hydrogen-bond acceptors (Lipinski definition) is 2. The smallest absolute Gasteiger partial charge is 0.136 e. The lowest BCUT2D eigenvalue weighted by Crippen LogP contribution is -2.56. The highest BCUT2D eigenvalue weighted by atomic mass is 16.1. The molecule has 3 saturated carbocycles. The van der Waals surface area contributed by atoms with Crippen LogP contribution in [0.5, 0.6) is 0 Å². The third-order valence-corrected chi connectivity index (χ3v) is 4.05. The van der Waals surface area contributed by atoms with E-state index in [0.29, 0.717) is 23.5 Å². The molecule has 0 spiro atoms. The molecule has 3 aliphatic rings. The van der Waals surface area contributed by atoms with Gasteiger partial charge in [-0.05, 0) is 31.1 Å². The molecule has 0 bridgehead atoms. The second-order valence-electron chi connectivity index (χ2n) is 4.54. The van der Waals surface area contributed by atoms with E-state index in [1.165, 1.54) is 0 Å². The highest BCUT2D eigenvalue weighted by Crippen LogP contribution is 2.61. The van der Waals surface area contributed by atoms with Gasteiger partial charge in [-0.2, -0.15) is 0 Å². The molecule has 4 atom stereocenters. The van der Waals surface area contributed by atoms with E-state index >= 15 is 0 Å². The van der Waals surface area contributed by atoms with E-state index in [0.717, 1.165) is 25.7 Å². The largest absolute Gasteiger partial charge is 0.325 e. The van der Waals surface area contributed by atoms with Crippen molar-refractivity contribution >= 4 is 5.78 Å². The van der Waals surface area contributed by atoms with Crippen LogP contribution in [0.15, 0.2) is 0 Å². The zero-order valence-corrected chi connectivity index (χ0v) is 6.55. The Kier molecular flexibility index (Phi) is 0.861. The molecule has 0 amide bonds. The lowest BCUT2D eigenvalue weighted by molar-refractivity contribution is -0.120. The second-order valence-corrected chi connectivity index (χ2v) is 4.54. The molecule has 0 aromatic rings. The maximum absolute atomic E-state index is 11.4. The van der Waals surface area contributed by atoms with Crippen LogP contribution in [0.4, 0.5) is 0 Å². The van der Waals surface area contributed by atoms with Crippen LogP contribution in [-0.2, 0) is 4.79 Å². The molecule has 2 nitrogen and oxygen atoms in total. The van der Waals surface area contributed by atoms with Crippen LogP contribution in [0.2, 0.25) is 0 Å². The maximum atomic E-state index is 11.4. The summed E-state index contributed by atoms with van der Waals surface area (Å²) in [5.41, 5.74) is 6.24. The average molecular weight is 151 g/mol. The summed E-state index contributed by atoms with van der Waals surface area (Å²) in [6, 6.07) is 0. The number of carbonyl (C=O) groups excluding carboxylic acids is 1. The molecule has 2 N–H and O–H groups in total. The summed E-state index contributed by atoms with van der Waals surface area (Å²) in [5.74, 6) is 2.15. The summed E-state index contributed by atoms with van der Waals surface area (Å²) in [6.07, 6.45) is 4.15. The van der Waals surface area contributed by atoms with E-state index in [4.69, 9.17) is 5.73 Å². The van der Waals surface area contributed by atoms with Crippen LogP contribution in [-0.4, -0.2) is 11.3 Å². The fourth-order valence-corrected chi connectivity index (χ4v) is 3.63. The van der Waals surface area contributed by atoms with Gasteiger partial charge in [-0.3, -0.25) is 4.79 Å². The molecule has 4 unspecified atom stereocenters. The molecule has 11 heavy (non-hydrogen) atoms. The highest BCUT2D eigenvalue weighted by Gasteiger charge is 2.63. The van der Waals surface area contributed by atoms with Gasteiger partial charge in [0.05, 0.1) is 0 Å². The molecule has 60 valence electrons. The predicted octanol–water partition coefficient (Wildman–Crippen LogP) is 0.703. The van der Waals surface area contributed by atoms with Crippen molar-refractivity contribution in [1.82, 2.24) is 0 Å². The monoisotopic (exact) mass is 151 g/mol. The van der Waals surface area contributed by atoms with Crippen LogP contribution >= 0.6 is 0 Å². The zero-order valence-electron chi connectivity index (χ0n) is 6.55. The molecule has 3 rings (SSSR count). The minimum Gasteiger partial charge on any atom is -0.325 e. The Bertz CT molecular complexity index is 238. The van der Waals surface area contributed by atoms with Crippen LogP contribution in [0.25, 0.3) is 0 Å². The SMILES string of the molecule is NC12CCC3C(=O)CC(C1)C32. The topological polar surface area (TPSA) is 43.1 Å². The highest BCUT2D eigenvalue weighted by molar-refractivity contribution is 5.85. The first-order valence-corrected chi connectivity index (χ1v) is 4.52. The van der Waals surface area contributed by atoms with Gasteiger partial charge in [0.2, 0.25) is 0 Å². The molecule has 0 saturated heterocycles. The van der Waals surface area contributed by atoms with E-state index in [9.17, 15) is 4.79 Å². The number of rotatable bonds is 0. The lowest BCUT2D eigenvalue weighted by Gasteiger charge is -2.46. The van der Waals surface area contributed by atoms with E-state index in [1.807, 2.05) is 0 Å². The summed E-state index contributed by atoms with van der Waals surface area (Å²) in [6.45, 7) is 0. The summed E-state index contributed by atoms with van der Waals surface area (Å²) in [5, 5.41) is 0. The van der Waals surface area contributed by atoms with Crippen LogP contribution in [0.3, 0.4) is 0 Å². The number of nitrogens with two attached hydrogens (primary N) is 1. The summed E-state index contributed by atoms with van der Waals surface area (Å²) >= 11 is 0. The minimum absolute atomic E-state index is 0.0987. The van der Waals surface area contributed by atoms with Gasteiger partial charge < -0.3 is 5.73 Å². The van der Waals surface area contributed by atoms with Crippen molar-refractivity contribution in [3.63, 3.8) is 0 Å². The normalized spacial score (nSPS) is 59.4. The quantitative estimate of drug-likeness (QED) is 0.554. The number of ketones is 1. The molecule has 3 fully saturated rings. The lowest BCUT2D eigenvalue weighted by atomic mass is 9.62. The predicted molar refractivity (Wildman–Crippen MR) is 40.9 cm³/mol. The van der Waals surface area contributed by atoms with Gasteiger partial charge >= 0.3 is 0 Å². The molecular formula is C9H13NO. The number of hydrogen-bond donors (Lipinski definition) is 1. The molecule has 2 heteroatoms. The summed E-state index contributed by atoms with van der Waals surface area (Å²) < 4.78 is 0. The van der Waals surface area contributed by atoms with Gasteiger partial charge in [0.1, 0.15) is 5.78 Å². The van der Waals surface area contributed by atoms with Gasteiger partial charge in [0.25, 0.3) is 0 Å². The number of carbonyl (C=O) groups is 1. The zero-order chi connectivity index (χ0) is 7.64. The summed E-state index contributed by atoms with van der Waals surface area (Å²) in [7, 11) is 0. The molecule has 0 aromatic heterocycles. The van der Waals surface area contributed by atoms with Crippen molar-refractivity contribution in [2.45, 2.75) is 31.2 Å². The molecule has 0 aromatic carbocycles. The third-order valence-electron chi connectivity index (χ3n) is 4.05. The van der Waals surface area contributed by atoms with Gasteiger partial charge in [-0.1, -0.05) is 0 Å². The Balaban J connectivity index is 2.02. The standard InChI is InChI=1S/C9H13NO/c10-9-2-1-6-7(11)3-5(4-9)8(6)9/h5-6,8H,1-4,10H2. The van der Waals surface area contributed by atoms with Gasteiger partial charge in [0, 0.05) is 17.9 Å². The van der Waals surface area contributed by atoms with Crippen molar-refractivity contribution < 1.29 is 4.79 Å². The van der Waals surface area contributed by atoms with Crippen molar-refractivity contribution in [1.29, 1.82) is 0 Å². The van der Waals surface area contributed by atoms with Crippen LogP contribution < -0.4 is 5.73 Å². The van der Waals surface area contributed by atoms with Gasteiger partial charge in [-0.15, -0.1) is 0 Å². The van der Waals surface area contributed by atoms with E-state index in [1.54, 1.807) is 0 Å². The van der Waals surface area contributed by atoms with Crippen LogP contribution in [0.1, 0.15) is 25.7 Å². The van der Waals surface area contributed by atoms with Gasteiger partial charge in [0.15, 0.2) is 0 Å². The van der Waals surface area contributed by atoms with Crippen molar-refractivity contribution in [3.8, 4) is 0 Å². The fourth-order valence-electron chi connectivity index (χ4n) is 3.63. The average Bonchev–Trinajstić information content (AvgIpc) is 2.31. The first-order valence-electron chi connectivity index (χ1n) is 4.52. The molecule has 3 aliphatic carbocycles. The third kappa shape index (κ3) is 0.527. The number of Topliss-reactive ketones (excluding diaryl/α,β-unsaturated/α-hetero) is 1. The maximum Gasteiger partial charge on any atom is 0.136 e. The molecule has 0 aliphatic heterocycles. The van der Waals surface area contributed by atoms with Crippen molar-refractivity contribution in [2.24, 2.45) is 23.5 Å². The fraction of sp³-hybridized carbons (Fsp3) is 0.889. The molecular weight excluding hydrogens is 138 g/mol. The van der Waals surface area contributed by atoms with Crippen molar-refractivity contribution in [2.75, 3.05) is 0 Å². The molecule has 0 radical (unpaired) electrons. The Morgan fingerprint density at radius 2 is 2.36 bits per heavy atom. The molecule has 0 heterocycles. The Hall–Kier alpha value is -0.370. The van der Waals surface area contributed by atoms with E-state index in [2.05, 4.69) is 0 Å². The second kappa shape index (κ2) is 1.53. The Morgan fingerprint density at radius 1 is 1.55 bits per heavy atom.